The fraction of sp³-hybridized carbons (Fsp3) is 0.364. The van der Waals surface area contributed by atoms with Gasteiger partial charge >= 0.3 is 0 Å². The van der Waals surface area contributed by atoms with Crippen molar-refractivity contribution in [3.63, 3.8) is 0 Å². The van der Waals surface area contributed by atoms with Gasteiger partial charge in [0.25, 0.3) is 5.91 Å². The van der Waals surface area contributed by atoms with E-state index in [2.05, 4.69) is 24.1 Å². The van der Waals surface area contributed by atoms with Crippen LogP contribution in [0, 0.1) is 6.92 Å². The van der Waals surface area contributed by atoms with E-state index in [1.54, 1.807) is 0 Å². The van der Waals surface area contributed by atoms with Gasteiger partial charge in [0.15, 0.2) is 6.61 Å². The molecular weight excluding hydrogens is 372 g/mol. The van der Waals surface area contributed by atoms with Gasteiger partial charge in [-0.05, 0) is 57.2 Å². The molecule has 3 rings (SSSR count). The number of thiocarbonyl (C=S) groups is 1. The largest absolute Gasteiger partial charge is 0.484 e. The molecule has 0 aliphatic carbocycles. The number of morpholine rings is 1. The molecule has 1 saturated heterocycles. The van der Waals surface area contributed by atoms with Crippen molar-refractivity contribution in [2.24, 2.45) is 0 Å². The zero-order chi connectivity index (χ0) is 20.1. The van der Waals surface area contributed by atoms with Crippen molar-refractivity contribution in [2.45, 2.75) is 33.0 Å². The van der Waals surface area contributed by atoms with Gasteiger partial charge in [0.2, 0.25) is 0 Å². The molecule has 0 bridgehead atoms. The molecule has 6 heteroatoms. The van der Waals surface area contributed by atoms with E-state index in [1.807, 2.05) is 55.5 Å². The Kier molecular flexibility index (Phi) is 6.65. The smallest absolute Gasteiger partial charge is 0.262 e. The number of amides is 1. The van der Waals surface area contributed by atoms with Crippen LogP contribution in [0.2, 0.25) is 0 Å². The monoisotopic (exact) mass is 398 g/mol. The summed E-state index contributed by atoms with van der Waals surface area (Å²) in [5, 5.41) is 2.82. The molecule has 0 unspecified atom stereocenters. The Morgan fingerprint density at radius 2 is 1.71 bits per heavy atom. The van der Waals surface area contributed by atoms with E-state index in [9.17, 15) is 4.79 Å². The summed E-state index contributed by atoms with van der Waals surface area (Å²) in [5.41, 5.74) is 2.87. The van der Waals surface area contributed by atoms with Crippen LogP contribution in [0.25, 0.3) is 0 Å². The average molecular weight is 399 g/mol. The predicted octanol–water partition coefficient (Wildman–Crippen LogP) is 3.80. The number of anilines is 1. The summed E-state index contributed by atoms with van der Waals surface area (Å²) in [5.74, 6) is 0.439. The number of nitrogens with zero attached hydrogens (tertiary/aromatic N) is 1. The van der Waals surface area contributed by atoms with Crippen LogP contribution in [-0.2, 0) is 9.53 Å². The Balaban J connectivity index is 1.52. The minimum absolute atomic E-state index is 0.0455. The molecule has 0 saturated carbocycles. The zero-order valence-electron chi connectivity index (χ0n) is 16.5. The highest BCUT2D eigenvalue weighted by molar-refractivity contribution is 7.80. The minimum atomic E-state index is -0.195. The number of ether oxygens (including phenoxy) is 2. The number of benzene rings is 2. The molecule has 28 heavy (non-hydrogen) atoms. The Hall–Kier alpha value is -2.44. The molecule has 5 nitrogen and oxygen atoms in total. The quantitative estimate of drug-likeness (QED) is 0.777. The average Bonchev–Trinajstić information content (AvgIpc) is 2.67. The molecule has 0 spiro atoms. The van der Waals surface area contributed by atoms with Crippen molar-refractivity contribution < 1.29 is 14.3 Å². The summed E-state index contributed by atoms with van der Waals surface area (Å²) >= 11 is 5.64. The second-order valence-corrected chi connectivity index (χ2v) is 7.58. The van der Waals surface area contributed by atoms with Crippen LogP contribution in [0.1, 0.15) is 25.0 Å². The number of hydrogen-bond donors (Lipinski definition) is 1. The van der Waals surface area contributed by atoms with Gasteiger partial charge < -0.3 is 19.7 Å². The normalized spacial score (nSPS) is 19.2. The lowest BCUT2D eigenvalue weighted by molar-refractivity contribution is -0.118. The molecule has 0 aromatic heterocycles. The molecule has 1 aliphatic rings. The van der Waals surface area contributed by atoms with E-state index in [-0.39, 0.29) is 24.7 Å². The molecule has 148 valence electrons. The first-order valence-electron chi connectivity index (χ1n) is 9.45. The Labute approximate surface area is 171 Å². The number of rotatable bonds is 5. The number of aryl methyl sites for hydroxylation is 1. The van der Waals surface area contributed by atoms with Gasteiger partial charge in [-0.25, -0.2) is 0 Å². The van der Waals surface area contributed by atoms with E-state index >= 15 is 0 Å². The minimum Gasteiger partial charge on any atom is -0.484 e. The van der Waals surface area contributed by atoms with Crippen LogP contribution in [0.4, 0.5) is 5.69 Å². The highest BCUT2D eigenvalue weighted by Gasteiger charge is 2.24. The second kappa shape index (κ2) is 9.17. The van der Waals surface area contributed by atoms with E-state index in [0.29, 0.717) is 5.75 Å². The van der Waals surface area contributed by atoms with Crippen molar-refractivity contribution in [1.29, 1.82) is 0 Å². The van der Waals surface area contributed by atoms with Gasteiger partial charge in [0, 0.05) is 24.3 Å². The molecule has 1 N–H and O–H groups in total. The predicted molar refractivity (Wildman–Crippen MR) is 115 cm³/mol. The lowest BCUT2D eigenvalue weighted by Crippen LogP contribution is -2.47. The third kappa shape index (κ3) is 5.53. The van der Waals surface area contributed by atoms with Crippen molar-refractivity contribution in [3.05, 3.63) is 59.7 Å². The third-order valence-corrected chi connectivity index (χ3v) is 5.01. The van der Waals surface area contributed by atoms with Gasteiger partial charge in [-0.1, -0.05) is 29.9 Å². The molecule has 0 radical (unpaired) electrons. The number of nitrogens with one attached hydrogen (secondary N) is 1. The Morgan fingerprint density at radius 3 is 2.32 bits per heavy atom. The van der Waals surface area contributed by atoms with E-state index in [0.717, 1.165) is 34.9 Å². The molecular formula is C22H26N2O3S. The lowest BCUT2D eigenvalue weighted by Gasteiger charge is -2.37. The standard InChI is InChI=1S/C22H26N2O3S/c1-15-4-8-19(9-5-15)23-21(25)14-26-20-10-6-18(7-11-20)22(28)24-12-16(2)27-17(3)13-24/h4-11,16-17H,12-14H2,1-3H3,(H,23,25)/t16-,17-/m0/s1. The molecule has 2 aromatic rings. The Bertz CT molecular complexity index is 811. The molecule has 2 aromatic carbocycles. The summed E-state index contributed by atoms with van der Waals surface area (Å²) in [6.45, 7) is 7.66. The van der Waals surface area contributed by atoms with Crippen molar-refractivity contribution in [3.8, 4) is 5.75 Å². The van der Waals surface area contributed by atoms with Crippen LogP contribution < -0.4 is 10.1 Å². The second-order valence-electron chi connectivity index (χ2n) is 7.19. The van der Waals surface area contributed by atoms with Crippen molar-refractivity contribution in [1.82, 2.24) is 4.90 Å². The maximum absolute atomic E-state index is 12.0. The van der Waals surface area contributed by atoms with Crippen LogP contribution >= 0.6 is 12.2 Å². The van der Waals surface area contributed by atoms with Gasteiger partial charge in [-0.15, -0.1) is 0 Å². The highest BCUT2D eigenvalue weighted by Crippen LogP contribution is 2.18. The Morgan fingerprint density at radius 1 is 1.11 bits per heavy atom. The topological polar surface area (TPSA) is 50.8 Å². The summed E-state index contributed by atoms with van der Waals surface area (Å²) in [6.07, 6.45) is 0.327. The van der Waals surface area contributed by atoms with Crippen molar-refractivity contribution >= 4 is 28.8 Å². The van der Waals surface area contributed by atoms with Gasteiger partial charge in [0.1, 0.15) is 10.7 Å². The van der Waals surface area contributed by atoms with E-state index in [4.69, 9.17) is 21.7 Å². The fourth-order valence-corrected chi connectivity index (χ4v) is 3.49. The summed E-state index contributed by atoms with van der Waals surface area (Å²) in [4.78, 5) is 15.0. The zero-order valence-corrected chi connectivity index (χ0v) is 17.3. The number of carbonyl (C=O) groups is 1. The third-order valence-electron chi connectivity index (χ3n) is 4.51. The van der Waals surface area contributed by atoms with E-state index in [1.165, 1.54) is 0 Å². The van der Waals surface area contributed by atoms with Gasteiger partial charge in [-0.2, -0.15) is 0 Å². The fourth-order valence-electron chi connectivity index (χ4n) is 3.20. The van der Waals surface area contributed by atoms with Crippen molar-refractivity contribution in [2.75, 3.05) is 25.0 Å². The summed E-state index contributed by atoms with van der Waals surface area (Å²) in [6, 6.07) is 15.2. The molecule has 1 amide bonds. The number of carbonyl (C=O) groups excluding carboxylic acids is 1. The SMILES string of the molecule is Cc1ccc(NC(=O)COc2ccc(C(=S)N3C[C@H](C)O[C@@H](C)C3)cc2)cc1. The number of hydrogen-bond acceptors (Lipinski definition) is 4. The van der Waals surface area contributed by atoms with Gasteiger partial charge in [0.05, 0.1) is 12.2 Å². The van der Waals surface area contributed by atoms with Gasteiger partial charge in [-0.3, -0.25) is 4.79 Å². The first kappa shape index (κ1) is 20.3. The lowest BCUT2D eigenvalue weighted by atomic mass is 10.1. The molecule has 1 aliphatic heterocycles. The first-order chi connectivity index (χ1) is 13.4. The van der Waals surface area contributed by atoms with Crippen LogP contribution in [0.3, 0.4) is 0 Å². The maximum atomic E-state index is 12.0. The van der Waals surface area contributed by atoms with Crippen LogP contribution in [0.15, 0.2) is 48.5 Å². The highest BCUT2D eigenvalue weighted by atomic mass is 32.1. The molecule has 1 heterocycles. The van der Waals surface area contributed by atoms with E-state index < -0.39 is 0 Å². The first-order valence-corrected chi connectivity index (χ1v) is 9.85. The summed E-state index contributed by atoms with van der Waals surface area (Å²) < 4.78 is 11.4. The van der Waals surface area contributed by atoms with Crippen LogP contribution in [0.5, 0.6) is 5.75 Å². The maximum Gasteiger partial charge on any atom is 0.262 e. The molecule has 2 atom stereocenters. The summed E-state index contributed by atoms with van der Waals surface area (Å²) in [7, 11) is 0. The van der Waals surface area contributed by atoms with Crippen LogP contribution in [-0.4, -0.2) is 47.7 Å². The molecule has 1 fully saturated rings.